The van der Waals surface area contributed by atoms with Gasteiger partial charge in [0.25, 0.3) is 0 Å². The van der Waals surface area contributed by atoms with Crippen LogP contribution in [0, 0.1) is 5.92 Å². The third kappa shape index (κ3) is 3.49. The van der Waals surface area contributed by atoms with Crippen LogP contribution in [0.1, 0.15) is 44.9 Å². The fourth-order valence-corrected chi connectivity index (χ4v) is 0.655. The van der Waals surface area contributed by atoms with E-state index >= 15 is 0 Å². The van der Waals surface area contributed by atoms with Crippen molar-refractivity contribution in [2.75, 3.05) is 0 Å². The molecule has 0 aliphatic carbocycles. The second-order valence-electron chi connectivity index (χ2n) is 1.89. The summed E-state index contributed by atoms with van der Waals surface area (Å²) >= 11 is 0. The molecule has 0 atom stereocenters. The molecule has 0 spiro atoms. The van der Waals surface area contributed by atoms with Gasteiger partial charge in [0.1, 0.15) is 0 Å². The summed E-state index contributed by atoms with van der Waals surface area (Å²) in [6, 6.07) is 0. The van der Waals surface area contributed by atoms with Crippen LogP contribution in [0.15, 0.2) is 0 Å². The second kappa shape index (κ2) is 5.27. The van der Waals surface area contributed by atoms with Crippen molar-refractivity contribution in [3.8, 4) is 0 Å². The molecule has 0 aromatic rings. The van der Waals surface area contributed by atoms with Crippen LogP contribution in [0.5, 0.6) is 0 Å². The minimum Gasteiger partial charge on any atom is -0.481 e. The Bertz CT molecular complexity index is 199. The van der Waals surface area contributed by atoms with E-state index in [1.807, 2.05) is 0 Å². The van der Waals surface area contributed by atoms with Crippen molar-refractivity contribution >= 4 is 5.97 Å². The van der Waals surface area contributed by atoms with Crippen molar-refractivity contribution in [3.63, 3.8) is 0 Å². The van der Waals surface area contributed by atoms with Gasteiger partial charge >= 0.3 is 5.97 Å². The third-order valence-electron chi connectivity index (χ3n) is 1.06. The first-order valence-electron chi connectivity index (χ1n) is 5.42. The molecule has 0 amide bonds. The van der Waals surface area contributed by atoms with Gasteiger partial charge in [-0.25, -0.2) is 0 Å². The van der Waals surface area contributed by atoms with Gasteiger partial charge in [-0.2, -0.15) is 0 Å². The van der Waals surface area contributed by atoms with Crippen LogP contribution in [0.3, 0.4) is 0 Å². The van der Waals surface area contributed by atoms with Gasteiger partial charge < -0.3 is 5.11 Å². The van der Waals surface area contributed by atoms with E-state index in [0.29, 0.717) is 0 Å². The Hall–Kier alpha value is -0.530. The highest BCUT2D eigenvalue weighted by atomic mass is 16.4. The zero-order valence-electron chi connectivity index (χ0n) is 10.3. The standard InChI is InChI=1S/C8H16O2/c1-3-5-7(6-4-2)8(9)10/h7H,3-6H2,1-2H3,(H,9,10)/i5D2,6D2. The summed E-state index contributed by atoms with van der Waals surface area (Å²) in [5, 5.41) is 8.83. The van der Waals surface area contributed by atoms with Gasteiger partial charge in [0, 0.05) is 5.48 Å². The molecule has 0 saturated heterocycles. The quantitative estimate of drug-likeness (QED) is 0.649. The first-order chi connectivity index (χ1) is 6.19. The number of hydrogen-bond donors (Lipinski definition) is 1. The second-order valence-corrected chi connectivity index (χ2v) is 1.89. The molecule has 0 aliphatic heterocycles. The van der Waals surface area contributed by atoms with E-state index in [2.05, 4.69) is 0 Å². The van der Waals surface area contributed by atoms with Gasteiger partial charge in [0.15, 0.2) is 0 Å². The number of carboxylic acid groups (broad SMARTS) is 1. The molecule has 0 rings (SSSR count). The van der Waals surface area contributed by atoms with Crippen molar-refractivity contribution in [3.05, 3.63) is 0 Å². The maximum Gasteiger partial charge on any atom is 0.306 e. The molecule has 0 unspecified atom stereocenters. The highest BCUT2D eigenvalue weighted by Crippen LogP contribution is 2.12. The van der Waals surface area contributed by atoms with Crippen molar-refractivity contribution in [2.24, 2.45) is 5.92 Å². The van der Waals surface area contributed by atoms with Crippen LogP contribution in [0.2, 0.25) is 0 Å². The molecule has 0 heterocycles. The van der Waals surface area contributed by atoms with Gasteiger partial charge in [-0.3, -0.25) is 4.79 Å². The molecule has 0 bridgehead atoms. The largest absolute Gasteiger partial charge is 0.481 e. The van der Waals surface area contributed by atoms with Crippen LogP contribution >= 0.6 is 0 Å². The van der Waals surface area contributed by atoms with Crippen LogP contribution in [0.25, 0.3) is 0 Å². The van der Waals surface area contributed by atoms with Crippen LogP contribution in [0.4, 0.5) is 0 Å². The molecule has 0 aromatic heterocycles. The number of rotatable bonds is 5. The van der Waals surface area contributed by atoms with Gasteiger partial charge in [-0.1, -0.05) is 26.7 Å². The summed E-state index contributed by atoms with van der Waals surface area (Å²) in [7, 11) is 0. The van der Waals surface area contributed by atoms with E-state index in [-0.39, 0.29) is 12.8 Å². The highest BCUT2D eigenvalue weighted by molar-refractivity contribution is 5.69. The Balaban J connectivity index is 5.06. The van der Waals surface area contributed by atoms with Crippen LogP contribution in [-0.4, -0.2) is 11.1 Å². The molecular formula is C8H16O2. The maximum atomic E-state index is 10.8. The Labute approximate surface area is 67.9 Å². The summed E-state index contributed by atoms with van der Waals surface area (Å²) in [5.74, 6) is -3.02. The highest BCUT2D eigenvalue weighted by Gasteiger charge is 2.13. The van der Waals surface area contributed by atoms with Crippen molar-refractivity contribution < 1.29 is 15.4 Å². The minimum atomic E-state index is -2.01. The van der Waals surface area contributed by atoms with Crippen LogP contribution in [-0.2, 0) is 4.79 Å². The Morgan fingerprint density at radius 2 is 1.90 bits per heavy atom. The molecule has 0 fully saturated rings. The number of hydrogen-bond acceptors (Lipinski definition) is 1. The summed E-state index contributed by atoms with van der Waals surface area (Å²) < 4.78 is 29.9. The predicted molar refractivity (Wildman–Crippen MR) is 40.9 cm³/mol. The Morgan fingerprint density at radius 3 is 2.10 bits per heavy atom. The molecular weight excluding hydrogens is 128 g/mol. The fraction of sp³-hybridized carbons (Fsp3) is 0.875. The number of carboxylic acids is 1. The first-order valence-corrected chi connectivity index (χ1v) is 3.42. The summed E-state index contributed by atoms with van der Waals surface area (Å²) in [6.07, 6.45) is -4.04. The molecule has 1 N–H and O–H groups in total. The van der Waals surface area contributed by atoms with Crippen molar-refractivity contribution in [1.82, 2.24) is 0 Å². The van der Waals surface area contributed by atoms with Crippen molar-refractivity contribution in [1.29, 1.82) is 0 Å². The lowest BCUT2D eigenvalue weighted by Gasteiger charge is -2.07. The SMILES string of the molecule is [2H]C([2H])(CC)C(C(=O)O)C([2H])([2H])CC. The lowest BCUT2D eigenvalue weighted by Crippen LogP contribution is -2.12. The topological polar surface area (TPSA) is 37.3 Å². The van der Waals surface area contributed by atoms with Crippen LogP contribution < -0.4 is 0 Å². The van der Waals surface area contributed by atoms with E-state index in [4.69, 9.17) is 10.6 Å². The molecule has 2 nitrogen and oxygen atoms in total. The Morgan fingerprint density at radius 1 is 1.50 bits per heavy atom. The molecule has 60 valence electrons. The predicted octanol–water partition coefficient (Wildman–Crippen LogP) is 2.29. The zero-order chi connectivity index (χ0) is 11.6. The third-order valence-corrected chi connectivity index (χ3v) is 1.06. The van der Waals surface area contributed by atoms with E-state index in [1.165, 1.54) is 13.8 Å². The summed E-state index contributed by atoms with van der Waals surface area (Å²) in [5.41, 5.74) is 0. The minimum absolute atomic E-state index is 0.0104. The molecule has 2 heteroatoms. The van der Waals surface area contributed by atoms with Gasteiger partial charge in [-0.05, 0) is 12.7 Å². The molecule has 0 saturated carbocycles. The number of carbonyl (C=O) groups is 1. The molecule has 0 radical (unpaired) electrons. The molecule has 10 heavy (non-hydrogen) atoms. The summed E-state index contributed by atoms with van der Waals surface area (Å²) in [4.78, 5) is 10.8. The average molecular weight is 148 g/mol. The monoisotopic (exact) mass is 148 g/mol. The zero-order valence-corrected chi connectivity index (χ0v) is 6.35. The smallest absolute Gasteiger partial charge is 0.306 e. The lowest BCUT2D eigenvalue weighted by atomic mass is 9.99. The fourth-order valence-electron chi connectivity index (χ4n) is 0.655. The summed E-state index contributed by atoms with van der Waals surface area (Å²) in [6.45, 7) is 3.03. The van der Waals surface area contributed by atoms with Gasteiger partial charge in [0.2, 0.25) is 0 Å². The number of aliphatic carboxylic acids is 1. The van der Waals surface area contributed by atoms with Gasteiger partial charge in [0.05, 0.1) is 5.92 Å². The normalized spacial score (nSPS) is 19.1. The van der Waals surface area contributed by atoms with E-state index < -0.39 is 24.6 Å². The van der Waals surface area contributed by atoms with E-state index in [0.717, 1.165) is 0 Å². The molecule has 0 aliphatic rings. The maximum absolute atomic E-state index is 10.8. The van der Waals surface area contributed by atoms with E-state index in [1.54, 1.807) is 0 Å². The molecule has 0 aromatic carbocycles. The Kier molecular flexibility index (Phi) is 2.30. The lowest BCUT2D eigenvalue weighted by molar-refractivity contribution is -0.142. The van der Waals surface area contributed by atoms with E-state index in [9.17, 15) is 4.79 Å². The van der Waals surface area contributed by atoms with Crippen molar-refractivity contribution in [2.45, 2.75) is 39.4 Å². The van der Waals surface area contributed by atoms with Gasteiger partial charge in [-0.15, -0.1) is 0 Å². The first kappa shape index (κ1) is 4.37. The average Bonchev–Trinajstić information content (AvgIpc) is 2.02.